The zero-order valence-electron chi connectivity index (χ0n) is 10.3. The molecule has 0 radical (unpaired) electrons. The molecule has 1 aromatic rings. The van der Waals surface area contributed by atoms with Crippen molar-refractivity contribution in [3.63, 3.8) is 0 Å². The van der Waals surface area contributed by atoms with E-state index < -0.39 is 16.0 Å². The van der Waals surface area contributed by atoms with Gasteiger partial charge in [-0.2, -0.15) is 0 Å². The maximum Gasteiger partial charge on any atom is 0.335 e. The van der Waals surface area contributed by atoms with Gasteiger partial charge in [-0.25, -0.2) is 17.9 Å². The standard InChI is InChI=1S/C12H12ClNO4S2/c1-2-6-19-7-5-14-20(17,18)11-8-9(12(15)16)3-4-10(11)13/h1,3-4,8,14H,5-7H2,(H,15,16). The number of thioether (sulfide) groups is 1. The van der Waals surface area contributed by atoms with Gasteiger partial charge < -0.3 is 5.11 Å². The van der Waals surface area contributed by atoms with Crippen molar-refractivity contribution < 1.29 is 18.3 Å². The van der Waals surface area contributed by atoms with Gasteiger partial charge in [0.15, 0.2) is 0 Å². The van der Waals surface area contributed by atoms with E-state index in [9.17, 15) is 13.2 Å². The third-order valence-electron chi connectivity index (χ3n) is 2.19. The number of sulfonamides is 1. The number of nitrogens with one attached hydrogen (secondary N) is 1. The second kappa shape index (κ2) is 7.55. The van der Waals surface area contributed by atoms with Crippen molar-refractivity contribution in [3.8, 4) is 12.3 Å². The Kier molecular flexibility index (Phi) is 6.36. The van der Waals surface area contributed by atoms with Crippen molar-refractivity contribution in [2.75, 3.05) is 18.1 Å². The Morgan fingerprint density at radius 1 is 1.50 bits per heavy atom. The Morgan fingerprint density at radius 3 is 2.80 bits per heavy atom. The van der Waals surface area contributed by atoms with Crippen molar-refractivity contribution in [1.82, 2.24) is 4.72 Å². The molecule has 0 bridgehead atoms. The summed E-state index contributed by atoms with van der Waals surface area (Å²) in [5.41, 5.74) is -0.142. The van der Waals surface area contributed by atoms with Crippen LogP contribution in [0.15, 0.2) is 23.1 Å². The second-order valence-electron chi connectivity index (χ2n) is 3.60. The largest absolute Gasteiger partial charge is 0.478 e. The van der Waals surface area contributed by atoms with Gasteiger partial charge in [0.2, 0.25) is 10.0 Å². The van der Waals surface area contributed by atoms with Crippen LogP contribution in [0.3, 0.4) is 0 Å². The smallest absolute Gasteiger partial charge is 0.335 e. The molecule has 0 saturated carbocycles. The van der Waals surface area contributed by atoms with Gasteiger partial charge in [-0.3, -0.25) is 0 Å². The molecule has 0 unspecified atom stereocenters. The molecule has 1 aromatic carbocycles. The predicted octanol–water partition coefficient (Wildman–Crippen LogP) is 1.68. The fourth-order valence-corrected chi connectivity index (χ4v) is 3.49. The lowest BCUT2D eigenvalue weighted by molar-refractivity contribution is 0.0696. The first-order chi connectivity index (χ1) is 9.38. The molecule has 5 nitrogen and oxygen atoms in total. The lowest BCUT2D eigenvalue weighted by atomic mass is 10.2. The van der Waals surface area contributed by atoms with Crippen molar-refractivity contribution >= 4 is 39.4 Å². The van der Waals surface area contributed by atoms with E-state index in [1.165, 1.54) is 23.9 Å². The molecular formula is C12H12ClNO4S2. The summed E-state index contributed by atoms with van der Waals surface area (Å²) in [5.74, 6) is 2.22. The third kappa shape index (κ3) is 4.72. The molecule has 0 amide bonds. The molecule has 0 aliphatic rings. The van der Waals surface area contributed by atoms with Crippen LogP contribution in [-0.2, 0) is 10.0 Å². The van der Waals surface area contributed by atoms with Crippen LogP contribution in [0, 0.1) is 12.3 Å². The molecule has 108 valence electrons. The second-order valence-corrected chi connectivity index (χ2v) is 6.85. The Hall–Kier alpha value is -1.20. The first kappa shape index (κ1) is 16.9. The zero-order chi connectivity index (χ0) is 15.2. The molecule has 0 aliphatic heterocycles. The summed E-state index contributed by atoms with van der Waals surface area (Å²) < 4.78 is 26.4. The van der Waals surface area contributed by atoms with Crippen molar-refractivity contribution in [3.05, 3.63) is 28.8 Å². The van der Waals surface area contributed by atoms with Crippen LogP contribution >= 0.6 is 23.4 Å². The van der Waals surface area contributed by atoms with Crippen LogP contribution in [0.2, 0.25) is 5.02 Å². The van der Waals surface area contributed by atoms with Crippen LogP contribution in [-0.4, -0.2) is 37.5 Å². The fraction of sp³-hybridized carbons (Fsp3) is 0.250. The molecule has 0 saturated heterocycles. The van der Waals surface area contributed by atoms with Gasteiger partial charge in [0, 0.05) is 12.3 Å². The van der Waals surface area contributed by atoms with Crippen molar-refractivity contribution in [1.29, 1.82) is 0 Å². The number of halogens is 1. The van der Waals surface area contributed by atoms with Gasteiger partial charge >= 0.3 is 5.97 Å². The van der Waals surface area contributed by atoms with Crippen LogP contribution in [0.4, 0.5) is 0 Å². The van der Waals surface area contributed by atoms with Gasteiger partial charge in [-0.05, 0) is 18.2 Å². The molecule has 0 spiro atoms. The van der Waals surface area contributed by atoms with E-state index in [4.69, 9.17) is 23.1 Å². The van der Waals surface area contributed by atoms with E-state index in [1.807, 2.05) is 0 Å². The molecule has 20 heavy (non-hydrogen) atoms. The molecule has 8 heteroatoms. The van der Waals surface area contributed by atoms with E-state index in [-0.39, 0.29) is 22.0 Å². The van der Waals surface area contributed by atoms with Crippen LogP contribution in [0.5, 0.6) is 0 Å². The highest BCUT2D eigenvalue weighted by molar-refractivity contribution is 7.99. The summed E-state index contributed by atoms with van der Waals surface area (Å²) in [7, 11) is -3.84. The van der Waals surface area contributed by atoms with E-state index in [0.29, 0.717) is 11.5 Å². The lowest BCUT2D eigenvalue weighted by Gasteiger charge is -2.08. The van der Waals surface area contributed by atoms with Crippen molar-refractivity contribution in [2.24, 2.45) is 0 Å². The van der Waals surface area contributed by atoms with E-state index in [2.05, 4.69) is 10.6 Å². The van der Waals surface area contributed by atoms with Crippen LogP contribution < -0.4 is 4.72 Å². The summed E-state index contributed by atoms with van der Waals surface area (Å²) in [4.78, 5) is 10.6. The quantitative estimate of drug-likeness (QED) is 0.586. The number of carboxylic acids is 1. The predicted molar refractivity (Wildman–Crippen MR) is 79.8 cm³/mol. The molecule has 0 heterocycles. The molecule has 2 N–H and O–H groups in total. The minimum absolute atomic E-state index is 0.0289. The summed E-state index contributed by atoms with van der Waals surface area (Å²) in [6, 6.07) is 3.51. The highest BCUT2D eigenvalue weighted by atomic mass is 35.5. The van der Waals surface area contributed by atoms with Crippen LogP contribution in [0.25, 0.3) is 0 Å². The third-order valence-corrected chi connectivity index (χ3v) is 5.00. The monoisotopic (exact) mass is 333 g/mol. The Labute approximate surface area is 126 Å². The zero-order valence-corrected chi connectivity index (χ0v) is 12.7. The topological polar surface area (TPSA) is 83.5 Å². The Bertz CT molecular complexity index is 637. The van der Waals surface area contributed by atoms with E-state index in [0.717, 1.165) is 6.07 Å². The van der Waals surface area contributed by atoms with Gasteiger partial charge in [-0.1, -0.05) is 17.5 Å². The first-order valence-electron chi connectivity index (χ1n) is 5.42. The number of carboxylic acid groups (broad SMARTS) is 1. The highest BCUT2D eigenvalue weighted by Crippen LogP contribution is 2.22. The van der Waals surface area contributed by atoms with Gasteiger partial charge in [-0.15, -0.1) is 18.2 Å². The number of carbonyl (C=O) groups is 1. The van der Waals surface area contributed by atoms with E-state index in [1.54, 1.807) is 0 Å². The minimum atomic E-state index is -3.84. The van der Waals surface area contributed by atoms with Gasteiger partial charge in [0.05, 0.1) is 16.3 Å². The Balaban J connectivity index is 2.84. The average Bonchev–Trinajstić information content (AvgIpc) is 2.38. The molecular weight excluding hydrogens is 322 g/mol. The maximum atomic E-state index is 12.0. The normalized spacial score (nSPS) is 11.0. The number of hydrogen-bond donors (Lipinski definition) is 2. The van der Waals surface area contributed by atoms with Crippen LogP contribution in [0.1, 0.15) is 10.4 Å². The fourth-order valence-electron chi connectivity index (χ4n) is 1.30. The van der Waals surface area contributed by atoms with Crippen molar-refractivity contribution in [2.45, 2.75) is 4.90 Å². The maximum absolute atomic E-state index is 12.0. The highest BCUT2D eigenvalue weighted by Gasteiger charge is 2.19. The number of terminal acetylenes is 1. The molecule has 0 fully saturated rings. The number of hydrogen-bond acceptors (Lipinski definition) is 4. The van der Waals surface area contributed by atoms with Gasteiger partial charge in [0.1, 0.15) is 4.90 Å². The Morgan fingerprint density at radius 2 is 2.20 bits per heavy atom. The SMILES string of the molecule is C#CCSCCNS(=O)(=O)c1cc(C(=O)O)ccc1Cl. The number of aromatic carboxylic acids is 1. The van der Waals surface area contributed by atoms with Gasteiger partial charge in [0.25, 0.3) is 0 Å². The average molecular weight is 334 g/mol. The summed E-state index contributed by atoms with van der Waals surface area (Å²) in [6.07, 6.45) is 5.07. The van der Waals surface area contributed by atoms with E-state index >= 15 is 0 Å². The number of benzene rings is 1. The molecule has 0 atom stereocenters. The lowest BCUT2D eigenvalue weighted by Crippen LogP contribution is -2.26. The summed E-state index contributed by atoms with van der Waals surface area (Å²) in [6.45, 7) is 0.183. The summed E-state index contributed by atoms with van der Waals surface area (Å²) in [5, 5.41) is 8.83. The molecule has 0 aromatic heterocycles. The number of rotatable bonds is 7. The molecule has 0 aliphatic carbocycles. The minimum Gasteiger partial charge on any atom is -0.478 e. The molecule has 1 rings (SSSR count). The first-order valence-corrected chi connectivity index (χ1v) is 8.44. The summed E-state index contributed by atoms with van der Waals surface area (Å²) >= 11 is 7.22.